The Bertz CT molecular complexity index is 1130. The molecule has 2 aliphatic heterocycles. The molecule has 0 radical (unpaired) electrons. The standard InChI is InChI=1S/C23H25N5O4/c1-31-22(29)16-6-4-15(5-7-16)13-32-23(30)28-11-2-3-18-19(28)9-12-27(18)21-17-8-10-24-20(17)25-14-26-21/h4-8,10,14,18-19H,2-3,9,11-13H2,1H3,(H,24,25,26)/t18-,19-/m1/s1. The van der Waals surface area contributed by atoms with Crippen LogP contribution in [0.2, 0.25) is 0 Å². The van der Waals surface area contributed by atoms with Crippen LogP contribution in [0.15, 0.2) is 42.9 Å². The van der Waals surface area contributed by atoms with Gasteiger partial charge in [-0.2, -0.15) is 0 Å². The van der Waals surface area contributed by atoms with Crippen LogP contribution in [-0.4, -0.2) is 64.2 Å². The number of methoxy groups -OCH3 is 1. The zero-order valence-corrected chi connectivity index (χ0v) is 17.9. The Morgan fingerprint density at radius 3 is 2.75 bits per heavy atom. The first-order chi connectivity index (χ1) is 15.7. The summed E-state index contributed by atoms with van der Waals surface area (Å²) in [5.74, 6) is 0.531. The molecule has 0 aliphatic carbocycles. The number of nitrogens with one attached hydrogen (secondary N) is 1. The van der Waals surface area contributed by atoms with Crippen LogP contribution in [0.3, 0.4) is 0 Å². The van der Waals surface area contributed by atoms with E-state index in [1.165, 1.54) is 7.11 Å². The summed E-state index contributed by atoms with van der Waals surface area (Å²) >= 11 is 0. The van der Waals surface area contributed by atoms with Gasteiger partial charge >= 0.3 is 12.1 Å². The molecule has 2 atom stereocenters. The fourth-order valence-corrected chi connectivity index (χ4v) is 4.85. The number of piperidine rings is 1. The number of amides is 1. The second-order valence-corrected chi connectivity index (χ2v) is 8.13. The van der Waals surface area contributed by atoms with E-state index in [0.717, 1.165) is 48.2 Å². The van der Waals surface area contributed by atoms with Gasteiger partial charge in [0, 0.05) is 19.3 Å². The van der Waals surface area contributed by atoms with Crippen molar-refractivity contribution in [1.82, 2.24) is 19.9 Å². The number of nitrogens with zero attached hydrogens (tertiary/aromatic N) is 4. The third-order valence-electron chi connectivity index (χ3n) is 6.39. The quantitative estimate of drug-likeness (QED) is 0.629. The van der Waals surface area contributed by atoms with Gasteiger partial charge in [0.15, 0.2) is 0 Å². The number of likely N-dealkylation sites (tertiary alicyclic amines) is 1. The van der Waals surface area contributed by atoms with Crippen molar-refractivity contribution in [3.8, 4) is 0 Å². The smallest absolute Gasteiger partial charge is 0.410 e. The van der Waals surface area contributed by atoms with Crippen LogP contribution in [0.25, 0.3) is 11.0 Å². The van der Waals surface area contributed by atoms with E-state index in [2.05, 4.69) is 19.9 Å². The number of rotatable bonds is 4. The summed E-state index contributed by atoms with van der Waals surface area (Å²) in [5.41, 5.74) is 2.11. The second kappa shape index (κ2) is 8.49. The lowest BCUT2D eigenvalue weighted by Crippen LogP contribution is -2.52. The van der Waals surface area contributed by atoms with E-state index in [-0.39, 0.29) is 30.8 Å². The van der Waals surface area contributed by atoms with Crippen LogP contribution in [0, 0.1) is 0 Å². The number of fused-ring (bicyclic) bond motifs is 2. The Morgan fingerprint density at radius 1 is 1.09 bits per heavy atom. The van der Waals surface area contributed by atoms with Crippen molar-refractivity contribution < 1.29 is 19.1 Å². The zero-order chi connectivity index (χ0) is 22.1. The van der Waals surface area contributed by atoms with Crippen LogP contribution in [0.5, 0.6) is 0 Å². The molecule has 0 saturated carbocycles. The van der Waals surface area contributed by atoms with Gasteiger partial charge in [-0.05, 0) is 43.0 Å². The Balaban J connectivity index is 1.26. The molecule has 1 N–H and O–H groups in total. The number of benzene rings is 1. The lowest BCUT2D eigenvalue weighted by atomic mass is 9.97. The molecule has 1 aromatic carbocycles. The van der Waals surface area contributed by atoms with Gasteiger partial charge in [0.25, 0.3) is 0 Å². The summed E-state index contributed by atoms with van der Waals surface area (Å²) in [7, 11) is 1.35. The molecule has 32 heavy (non-hydrogen) atoms. The predicted molar refractivity (Wildman–Crippen MR) is 117 cm³/mol. The summed E-state index contributed by atoms with van der Waals surface area (Å²) in [6.45, 7) is 1.69. The number of H-pyrrole nitrogens is 1. The zero-order valence-electron chi connectivity index (χ0n) is 17.9. The maximum Gasteiger partial charge on any atom is 0.410 e. The minimum absolute atomic E-state index is 0.0990. The molecule has 0 bridgehead atoms. The first-order valence-electron chi connectivity index (χ1n) is 10.8. The summed E-state index contributed by atoms with van der Waals surface area (Å²) in [6, 6.07) is 9.19. The average molecular weight is 435 g/mol. The Morgan fingerprint density at radius 2 is 1.94 bits per heavy atom. The molecule has 9 nitrogen and oxygen atoms in total. The maximum absolute atomic E-state index is 12.9. The van der Waals surface area contributed by atoms with E-state index in [4.69, 9.17) is 9.47 Å². The molecule has 4 heterocycles. The summed E-state index contributed by atoms with van der Waals surface area (Å²) < 4.78 is 10.3. The van der Waals surface area contributed by atoms with E-state index in [0.29, 0.717) is 12.1 Å². The molecule has 3 aromatic rings. The van der Waals surface area contributed by atoms with Gasteiger partial charge in [-0.3, -0.25) is 0 Å². The van der Waals surface area contributed by atoms with E-state index in [1.807, 2.05) is 17.2 Å². The molecule has 0 unspecified atom stereocenters. The highest BCUT2D eigenvalue weighted by atomic mass is 16.6. The monoisotopic (exact) mass is 435 g/mol. The van der Waals surface area contributed by atoms with Crippen molar-refractivity contribution in [2.24, 2.45) is 0 Å². The summed E-state index contributed by atoms with van der Waals surface area (Å²) in [6.07, 6.45) is 5.97. The van der Waals surface area contributed by atoms with Crippen molar-refractivity contribution in [3.63, 3.8) is 0 Å². The third-order valence-corrected chi connectivity index (χ3v) is 6.39. The van der Waals surface area contributed by atoms with Gasteiger partial charge in [-0.1, -0.05) is 12.1 Å². The number of hydrogen-bond donors (Lipinski definition) is 1. The second-order valence-electron chi connectivity index (χ2n) is 8.13. The average Bonchev–Trinajstić information content (AvgIpc) is 3.49. The van der Waals surface area contributed by atoms with Gasteiger partial charge in [0.2, 0.25) is 0 Å². The summed E-state index contributed by atoms with van der Waals surface area (Å²) in [5, 5.41) is 1.00. The van der Waals surface area contributed by atoms with Crippen LogP contribution in [-0.2, 0) is 16.1 Å². The molecule has 2 aromatic heterocycles. The fourth-order valence-electron chi connectivity index (χ4n) is 4.85. The van der Waals surface area contributed by atoms with Gasteiger partial charge in [-0.15, -0.1) is 0 Å². The molecule has 5 rings (SSSR count). The van der Waals surface area contributed by atoms with Crippen LogP contribution in [0.4, 0.5) is 10.6 Å². The largest absolute Gasteiger partial charge is 0.465 e. The summed E-state index contributed by atoms with van der Waals surface area (Å²) in [4.78, 5) is 40.7. The highest BCUT2D eigenvalue weighted by Gasteiger charge is 2.43. The predicted octanol–water partition coefficient (Wildman–Crippen LogP) is 3.12. The lowest BCUT2D eigenvalue weighted by molar-refractivity contribution is 0.0598. The Hall–Kier alpha value is -3.62. The van der Waals surface area contributed by atoms with Crippen molar-refractivity contribution in [3.05, 3.63) is 54.0 Å². The molecule has 0 spiro atoms. The first-order valence-corrected chi connectivity index (χ1v) is 10.8. The van der Waals surface area contributed by atoms with Crippen molar-refractivity contribution in [2.45, 2.75) is 38.0 Å². The van der Waals surface area contributed by atoms with Crippen molar-refractivity contribution >= 4 is 28.9 Å². The Kier molecular flexibility index (Phi) is 5.38. The van der Waals surface area contributed by atoms with Gasteiger partial charge in [-0.25, -0.2) is 19.6 Å². The number of hydrogen-bond acceptors (Lipinski definition) is 7. The molecule has 9 heteroatoms. The number of aromatic amines is 1. The number of carbonyl (C=O) groups excluding carboxylic acids is 2. The Labute approximate surface area is 185 Å². The number of esters is 1. The number of anilines is 1. The van der Waals surface area contributed by atoms with E-state index >= 15 is 0 Å². The van der Waals surface area contributed by atoms with Gasteiger partial charge < -0.3 is 24.3 Å². The highest BCUT2D eigenvalue weighted by Crippen LogP contribution is 2.36. The van der Waals surface area contributed by atoms with Crippen LogP contribution in [0.1, 0.15) is 35.2 Å². The number of aromatic nitrogens is 3. The van der Waals surface area contributed by atoms with E-state index < -0.39 is 0 Å². The highest BCUT2D eigenvalue weighted by molar-refractivity contribution is 5.89. The maximum atomic E-state index is 12.9. The van der Waals surface area contributed by atoms with Crippen LogP contribution < -0.4 is 4.90 Å². The molecule has 1 amide bonds. The fraction of sp³-hybridized carbons (Fsp3) is 0.391. The molecule has 2 aliphatic rings. The third kappa shape index (κ3) is 3.63. The normalized spacial score (nSPS) is 20.3. The van der Waals surface area contributed by atoms with Crippen molar-refractivity contribution in [1.29, 1.82) is 0 Å². The molecule has 2 saturated heterocycles. The van der Waals surface area contributed by atoms with E-state index in [9.17, 15) is 9.59 Å². The number of ether oxygens (including phenoxy) is 2. The van der Waals surface area contributed by atoms with Crippen LogP contribution >= 0.6 is 0 Å². The van der Waals surface area contributed by atoms with Gasteiger partial charge in [0.05, 0.1) is 30.1 Å². The van der Waals surface area contributed by atoms with Gasteiger partial charge in [0.1, 0.15) is 24.4 Å². The topological polar surface area (TPSA) is 101 Å². The SMILES string of the molecule is COC(=O)c1ccc(COC(=O)N2CCC[C@@H]3[C@H]2CCN3c2ncnc3[nH]ccc23)cc1. The van der Waals surface area contributed by atoms with E-state index in [1.54, 1.807) is 30.6 Å². The minimum Gasteiger partial charge on any atom is -0.465 e. The lowest BCUT2D eigenvalue weighted by Gasteiger charge is -2.39. The molecule has 166 valence electrons. The van der Waals surface area contributed by atoms with Crippen molar-refractivity contribution in [2.75, 3.05) is 25.1 Å². The minimum atomic E-state index is -0.390. The number of carbonyl (C=O) groups is 2. The molecule has 2 fully saturated rings. The molecular formula is C23H25N5O4. The first kappa shape index (κ1) is 20.3. The molecular weight excluding hydrogens is 410 g/mol.